The summed E-state index contributed by atoms with van der Waals surface area (Å²) in [6.07, 6.45) is -0.270. The number of hydrogen-bond donors (Lipinski definition) is 2. The van der Waals surface area contributed by atoms with Crippen LogP contribution >= 0.6 is 11.3 Å². The summed E-state index contributed by atoms with van der Waals surface area (Å²) >= 11 is 0.993. The first-order valence-electron chi connectivity index (χ1n) is 12.3. The van der Waals surface area contributed by atoms with E-state index in [1.807, 2.05) is 0 Å². The van der Waals surface area contributed by atoms with Crippen molar-refractivity contribution in [1.82, 2.24) is 4.98 Å². The molecule has 1 heterocycles. The summed E-state index contributed by atoms with van der Waals surface area (Å²) in [5, 5.41) is 11.7. The van der Waals surface area contributed by atoms with Gasteiger partial charge in [0.15, 0.2) is 26.5 Å². The monoisotopic (exact) mass is 600 g/mol. The van der Waals surface area contributed by atoms with Crippen molar-refractivity contribution in [2.24, 2.45) is 0 Å². The number of aromatic carboxylic acids is 1. The smallest absolute Gasteiger partial charge is 0.335 e. The van der Waals surface area contributed by atoms with E-state index in [9.17, 15) is 26.8 Å². The Morgan fingerprint density at radius 1 is 1.05 bits per heavy atom. The molecule has 1 unspecified atom stereocenters. The van der Waals surface area contributed by atoms with Gasteiger partial charge in [-0.25, -0.2) is 27.0 Å². The lowest BCUT2D eigenvalue weighted by Gasteiger charge is -2.19. The Morgan fingerprint density at radius 3 is 2.34 bits per heavy atom. The topological polar surface area (TPSA) is 132 Å². The molecule has 9 nitrogen and oxygen atoms in total. The number of amides is 1. The SMILES string of the molecule is Cc1nc(NC(=O)C(Oc2ccc(F)cc2F)c2ccc(S(=O)(=O)C3CC3)cc2)sc1Oc1ccc(C(=O)O)cc1. The molecule has 0 spiro atoms. The van der Waals surface area contributed by atoms with Crippen molar-refractivity contribution < 1.29 is 41.4 Å². The number of nitrogens with one attached hydrogen (secondary N) is 1. The Kier molecular flexibility index (Phi) is 7.74. The molecule has 212 valence electrons. The van der Waals surface area contributed by atoms with Crippen molar-refractivity contribution in [3.05, 3.63) is 95.2 Å². The van der Waals surface area contributed by atoms with Gasteiger partial charge in [-0.05, 0) is 68.3 Å². The number of anilines is 1. The van der Waals surface area contributed by atoms with Crippen LogP contribution in [0.25, 0.3) is 0 Å². The number of carboxylic acid groups (broad SMARTS) is 1. The van der Waals surface area contributed by atoms with Crippen LogP contribution in [-0.4, -0.2) is 35.6 Å². The third-order valence-electron chi connectivity index (χ3n) is 6.15. The number of sulfone groups is 1. The Balaban J connectivity index is 1.38. The van der Waals surface area contributed by atoms with Gasteiger partial charge in [0.05, 0.1) is 21.4 Å². The van der Waals surface area contributed by atoms with Crippen LogP contribution in [0.4, 0.5) is 13.9 Å². The van der Waals surface area contributed by atoms with Gasteiger partial charge in [0.25, 0.3) is 5.91 Å². The molecule has 0 aliphatic heterocycles. The molecule has 4 aromatic rings. The van der Waals surface area contributed by atoms with E-state index in [4.69, 9.17) is 14.6 Å². The molecule has 1 aliphatic carbocycles. The number of halogens is 2. The van der Waals surface area contributed by atoms with E-state index in [0.29, 0.717) is 35.4 Å². The first-order valence-corrected chi connectivity index (χ1v) is 14.6. The highest BCUT2D eigenvalue weighted by Gasteiger charge is 2.37. The van der Waals surface area contributed by atoms with Gasteiger partial charge in [-0.3, -0.25) is 10.1 Å². The molecule has 1 aromatic heterocycles. The second-order valence-corrected chi connectivity index (χ2v) is 12.4. The van der Waals surface area contributed by atoms with Crippen molar-refractivity contribution in [3.8, 4) is 16.6 Å². The number of thiazole rings is 1. The molecule has 1 fully saturated rings. The Labute approximate surface area is 237 Å². The molecule has 3 aromatic carbocycles. The highest BCUT2D eigenvalue weighted by molar-refractivity contribution is 7.92. The summed E-state index contributed by atoms with van der Waals surface area (Å²) in [5.74, 6) is -3.71. The first kappa shape index (κ1) is 28.2. The molecule has 0 bridgehead atoms. The maximum Gasteiger partial charge on any atom is 0.335 e. The van der Waals surface area contributed by atoms with E-state index in [1.165, 1.54) is 48.5 Å². The second-order valence-electron chi connectivity index (χ2n) is 9.20. The van der Waals surface area contributed by atoms with Crippen molar-refractivity contribution in [2.45, 2.75) is 36.0 Å². The summed E-state index contributed by atoms with van der Waals surface area (Å²) < 4.78 is 64.5. The summed E-state index contributed by atoms with van der Waals surface area (Å²) in [5.41, 5.74) is 0.752. The summed E-state index contributed by atoms with van der Waals surface area (Å²) in [4.78, 5) is 28.8. The third-order valence-corrected chi connectivity index (χ3v) is 9.38. The van der Waals surface area contributed by atoms with Crippen molar-refractivity contribution in [3.63, 3.8) is 0 Å². The minimum atomic E-state index is -3.48. The fourth-order valence-corrected chi connectivity index (χ4v) is 6.35. The highest BCUT2D eigenvalue weighted by atomic mass is 32.2. The average molecular weight is 601 g/mol. The fraction of sp³-hybridized carbons (Fsp3) is 0.179. The number of rotatable bonds is 10. The minimum Gasteiger partial charge on any atom is -0.478 e. The third kappa shape index (κ3) is 6.36. The molecule has 41 heavy (non-hydrogen) atoms. The van der Waals surface area contributed by atoms with Gasteiger partial charge in [-0.1, -0.05) is 23.5 Å². The number of carboxylic acids is 1. The number of benzene rings is 3. The molecule has 0 saturated heterocycles. The van der Waals surface area contributed by atoms with Crippen LogP contribution in [0, 0.1) is 18.6 Å². The molecule has 1 amide bonds. The predicted octanol–water partition coefficient (Wildman–Crippen LogP) is 5.92. The van der Waals surface area contributed by atoms with E-state index in [1.54, 1.807) is 6.92 Å². The molecule has 1 saturated carbocycles. The quantitative estimate of drug-likeness (QED) is 0.230. The van der Waals surface area contributed by atoms with E-state index >= 15 is 0 Å². The van der Waals surface area contributed by atoms with Gasteiger partial charge in [-0.15, -0.1) is 0 Å². The Morgan fingerprint density at radius 2 is 1.73 bits per heavy atom. The zero-order valence-electron chi connectivity index (χ0n) is 21.3. The number of nitrogens with zero attached hydrogens (tertiary/aromatic N) is 1. The number of ether oxygens (including phenoxy) is 2. The summed E-state index contributed by atoms with van der Waals surface area (Å²) in [6, 6.07) is 13.9. The maximum atomic E-state index is 14.4. The minimum absolute atomic E-state index is 0.0909. The molecule has 2 N–H and O–H groups in total. The normalized spacial score (nSPS) is 13.8. The molecule has 1 atom stereocenters. The second kappa shape index (κ2) is 11.3. The Hall–Kier alpha value is -4.36. The van der Waals surface area contributed by atoms with E-state index in [-0.39, 0.29) is 26.9 Å². The van der Waals surface area contributed by atoms with Crippen LogP contribution in [0.1, 0.15) is 40.6 Å². The predicted molar refractivity (Wildman–Crippen MR) is 145 cm³/mol. The van der Waals surface area contributed by atoms with Crippen molar-refractivity contribution in [2.75, 3.05) is 5.32 Å². The standard InChI is InChI=1S/C28H22F2N2O7S2/c1-15-27(38-19-7-2-17(3-8-19)26(34)35)40-28(31-15)32-25(33)24(39-23-13-6-18(29)14-22(23)30)16-4-9-20(10-5-16)41(36,37)21-11-12-21/h2-10,13-14,21,24H,11-12H2,1H3,(H,34,35)(H,31,32,33). The number of carbonyl (C=O) groups excluding carboxylic acids is 1. The number of aryl methyl sites for hydroxylation is 1. The van der Waals surface area contributed by atoms with Crippen LogP contribution in [0.3, 0.4) is 0 Å². The summed E-state index contributed by atoms with van der Waals surface area (Å²) in [6.45, 7) is 1.65. The number of aromatic nitrogens is 1. The fourth-order valence-electron chi connectivity index (χ4n) is 3.85. The zero-order valence-corrected chi connectivity index (χ0v) is 23.0. The van der Waals surface area contributed by atoms with Gasteiger partial charge in [0, 0.05) is 11.6 Å². The van der Waals surface area contributed by atoms with E-state index in [0.717, 1.165) is 23.5 Å². The molecule has 0 radical (unpaired) electrons. The Bertz CT molecular complexity index is 1720. The largest absolute Gasteiger partial charge is 0.478 e. The first-order chi connectivity index (χ1) is 19.5. The van der Waals surface area contributed by atoms with Crippen LogP contribution in [0.2, 0.25) is 0 Å². The average Bonchev–Trinajstić information content (AvgIpc) is 3.74. The van der Waals surface area contributed by atoms with Gasteiger partial charge in [0.2, 0.25) is 11.2 Å². The number of carbonyl (C=O) groups is 2. The van der Waals surface area contributed by atoms with Gasteiger partial charge < -0.3 is 14.6 Å². The lowest BCUT2D eigenvalue weighted by atomic mass is 10.1. The van der Waals surface area contributed by atoms with Gasteiger partial charge in [0.1, 0.15) is 11.6 Å². The van der Waals surface area contributed by atoms with Crippen LogP contribution in [0.15, 0.2) is 71.6 Å². The molecular weight excluding hydrogens is 578 g/mol. The van der Waals surface area contributed by atoms with Crippen LogP contribution < -0.4 is 14.8 Å². The lowest BCUT2D eigenvalue weighted by molar-refractivity contribution is -0.123. The molecular formula is C28H22F2N2O7S2. The van der Waals surface area contributed by atoms with Gasteiger partial charge in [-0.2, -0.15) is 0 Å². The van der Waals surface area contributed by atoms with E-state index in [2.05, 4.69) is 10.3 Å². The van der Waals surface area contributed by atoms with E-state index < -0.39 is 44.7 Å². The summed E-state index contributed by atoms with van der Waals surface area (Å²) in [7, 11) is -3.48. The van der Waals surface area contributed by atoms with Gasteiger partial charge >= 0.3 is 5.97 Å². The van der Waals surface area contributed by atoms with Crippen LogP contribution in [0.5, 0.6) is 16.6 Å². The van der Waals surface area contributed by atoms with Crippen molar-refractivity contribution >= 4 is 38.2 Å². The molecule has 13 heteroatoms. The zero-order chi connectivity index (χ0) is 29.3. The molecule has 1 aliphatic rings. The highest BCUT2D eigenvalue weighted by Crippen LogP contribution is 2.36. The molecule has 5 rings (SSSR count). The number of hydrogen-bond acceptors (Lipinski definition) is 8. The van der Waals surface area contributed by atoms with Crippen LogP contribution in [-0.2, 0) is 14.6 Å². The lowest BCUT2D eigenvalue weighted by Crippen LogP contribution is -2.26. The maximum absolute atomic E-state index is 14.4. The van der Waals surface area contributed by atoms with Crippen molar-refractivity contribution in [1.29, 1.82) is 0 Å².